The maximum absolute atomic E-state index is 11.0. The SMILES string of the molecule is CC(C)(C)CC(CC(=O)O)Nc1snc2ccccc12. The van der Waals surface area contributed by atoms with Crippen LogP contribution >= 0.6 is 11.5 Å². The van der Waals surface area contributed by atoms with Crippen LogP contribution in [0.15, 0.2) is 24.3 Å². The lowest BCUT2D eigenvalue weighted by Crippen LogP contribution is -2.28. The molecule has 0 fully saturated rings. The van der Waals surface area contributed by atoms with Crippen molar-refractivity contribution in [1.82, 2.24) is 4.37 Å². The number of hydrogen-bond donors (Lipinski definition) is 2. The Morgan fingerprint density at radius 2 is 2.10 bits per heavy atom. The van der Waals surface area contributed by atoms with E-state index in [2.05, 4.69) is 30.5 Å². The van der Waals surface area contributed by atoms with E-state index in [0.717, 1.165) is 22.3 Å². The molecule has 0 amide bonds. The molecule has 0 aliphatic rings. The van der Waals surface area contributed by atoms with E-state index in [1.165, 1.54) is 11.5 Å². The zero-order valence-electron chi connectivity index (χ0n) is 12.0. The molecule has 0 radical (unpaired) electrons. The van der Waals surface area contributed by atoms with Crippen molar-refractivity contribution in [2.45, 2.75) is 39.7 Å². The quantitative estimate of drug-likeness (QED) is 0.874. The van der Waals surface area contributed by atoms with Gasteiger partial charge in [0.25, 0.3) is 0 Å². The van der Waals surface area contributed by atoms with E-state index < -0.39 is 5.97 Å². The predicted molar refractivity (Wildman–Crippen MR) is 83.4 cm³/mol. The standard InChI is InChI=1S/C15H20N2O2S/c1-15(2,3)9-10(8-13(18)19)16-14-11-6-4-5-7-12(11)17-20-14/h4-7,10,16H,8-9H2,1-3H3,(H,18,19). The van der Waals surface area contributed by atoms with Crippen molar-refractivity contribution in [2.75, 3.05) is 5.32 Å². The van der Waals surface area contributed by atoms with Crippen LogP contribution < -0.4 is 5.32 Å². The monoisotopic (exact) mass is 292 g/mol. The van der Waals surface area contributed by atoms with Gasteiger partial charge >= 0.3 is 5.97 Å². The summed E-state index contributed by atoms with van der Waals surface area (Å²) in [6.45, 7) is 6.36. The van der Waals surface area contributed by atoms with Gasteiger partial charge in [-0.1, -0.05) is 32.9 Å². The zero-order chi connectivity index (χ0) is 14.8. The van der Waals surface area contributed by atoms with E-state index in [4.69, 9.17) is 5.11 Å². The van der Waals surface area contributed by atoms with Gasteiger partial charge in [0, 0.05) is 11.4 Å². The molecule has 2 N–H and O–H groups in total. The molecule has 5 heteroatoms. The highest BCUT2D eigenvalue weighted by atomic mass is 32.1. The van der Waals surface area contributed by atoms with Crippen LogP contribution in [-0.4, -0.2) is 21.5 Å². The van der Waals surface area contributed by atoms with Gasteiger partial charge in [0.05, 0.1) is 11.9 Å². The highest BCUT2D eigenvalue weighted by Gasteiger charge is 2.22. The normalized spacial score (nSPS) is 13.3. The molecule has 1 aromatic carbocycles. The molecular weight excluding hydrogens is 272 g/mol. The van der Waals surface area contributed by atoms with Gasteiger partial charge in [0.1, 0.15) is 5.00 Å². The van der Waals surface area contributed by atoms with E-state index >= 15 is 0 Å². The minimum Gasteiger partial charge on any atom is -0.481 e. The number of nitrogens with zero attached hydrogens (tertiary/aromatic N) is 1. The number of benzene rings is 1. The molecule has 1 heterocycles. The zero-order valence-corrected chi connectivity index (χ0v) is 12.8. The molecule has 2 aromatic rings. The molecule has 1 atom stereocenters. The van der Waals surface area contributed by atoms with Crippen LogP contribution in [0.4, 0.5) is 5.00 Å². The van der Waals surface area contributed by atoms with Gasteiger partial charge < -0.3 is 10.4 Å². The predicted octanol–water partition coefficient (Wildman–Crippen LogP) is 3.99. The maximum atomic E-state index is 11.0. The Hall–Kier alpha value is -1.62. The second kappa shape index (κ2) is 5.79. The summed E-state index contributed by atoms with van der Waals surface area (Å²) in [5, 5.41) is 14.4. The third kappa shape index (κ3) is 3.93. The topological polar surface area (TPSA) is 62.2 Å². The van der Waals surface area contributed by atoms with E-state index in [-0.39, 0.29) is 17.9 Å². The number of aromatic nitrogens is 1. The van der Waals surface area contributed by atoms with Crippen molar-refractivity contribution in [1.29, 1.82) is 0 Å². The minimum absolute atomic E-state index is 0.0770. The molecular formula is C15H20N2O2S. The molecule has 108 valence electrons. The largest absolute Gasteiger partial charge is 0.481 e. The molecule has 0 aliphatic heterocycles. The molecule has 1 unspecified atom stereocenters. The molecule has 0 spiro atoms. The van der Waals surface area contributed by atoms with Crippen LogP contribution in [0.1, 0.15) is 33.6 Å². The Morgan fingerprint density at radius 3 is 2.75 bits per heavy atom. The van der Waals surface area contributed by atoms with Crippen LogP contribution in [0.2, 0.25) is 0 Å². The molecule has 0 aliphatic carbocycles. The summed E-state index contributed by atoms with van der Waals surface area (Å²) in [6, 6.07) is 7.81. The summed E-state index contributed by atoms with van der Waals surface area (Å²) in [7, 11) is 0. The van der Waals surface area contributed by atoms with Gasteiger partial charge in [-0.25, -0.2) is 0 Å². The number of nitrogens with one attached hydrogen (secondary N) is 1. The third-order valence-corrected chi connectivity index (χ3v) is 3.81. The maximum Gasteiger partial charge on any atom is 0.305 e. The van der Waals surface area contributed by atoms with Crippen LogP contribution in [0.5, 0.6) is 0 Å². The van der Waals surface area contributed by atoms with Crippen LogP contribution in [0, 0.1) is 5.41 Å². The Balaban J connectivity index is 2.20. The fourth-order valence-corrected chi connectivity index (χ4v) is 3.14. The fourth-order valence-electron chi connectivity index (χ4n) is 2.30. The Labute approximate surface area is 123 Å². The van der Waals surface area contributed by atoms with E-state index in [1.807, 2.05) is 24.3 Å². The number of anilines is 1. The molecule has 4 nitrogen and oxygen atoms in total. The van der Waals surface area contributed by atoms with E-state index in [9.17, 15) is 4.79 Å². The number of carbonyl (C=O) groups is 1. The molecule has 0 saturated heterocycles. The van der Waals surface area contributed by atoms with Gasteiger partial charge in [-0.2, -0.15) is 4.37 Å². The van der Waals surface area contributed by atoms with Crippen molar-refractivity contribution >= 4 is 33.4 Å². The van der Waals surface area contributed by atoms with Crippen LogP contribution in [0.25, 0.3) is 10.9 Å². The molecule has 2 rings (SSSR count). The lowest BCUT2D eigenvalue weighted by molar-refractivity contribution is -0.137. The first-order chi connectivity index (χ1) is 9.35. The van der Waals surface area contributed by atoms with Crippen molar-refractivity contribution in [3.63, 3.8) is 0 Å². The highest BCUT2D eigenvalue weighted by Crippen LogP contribution is 2.31. The lowest BCUT2D eigenvalue weighted by atomic mass is 9.87. The summed E-state index contributed by atoms with van der Waals surface area (Å²) in [5.74, 6) is -0.777. The Morgan fingerprint density at radius 1 is 1.40 bits per heavy atom. The first-order valence-corrected chi connectivity index (χ1v) is 7.45. The second-order valence-electron chi connectivity index (χ2n) is 6.23. The number of carboxylic acid groups (broad SMARTS) is 1. The number of fused-ring (bicyclic) bond motifs is 1. The summed E-state index contributed by atoms with van der Waals surface area (Å²) in [5.41, 5.74) is 1.03. The summed E-state index contributed by atoms with van der Waals surface area (Å²) >= 11 is 1.39. The molecule has 0 saturated carbocycles. The molecule has 20 heavy (non-hydrogen) atoms. The first-order valence-electron chi connectivity index (χ1n) is 6.68. The van der Waals surface area contributed by atoms with E-state index in [1.54, 1.807) is 0 Å². The number of hydrogen-bond acceptors (Lipinski definition) is 4. The number of carboxylic acids is 1. The van der Waals surface area contributed by atoms with Crippen molar-refractivity contribution in [3.8, 4) is 0 Å². The van der Waals surface area contributed by atoms with Crippen molar-refractivity contribution in [3.05, 3.63) is 24.3 Å². The first kappa shape index (κ1) is 14.8. The van der Waals surface area contributed by atoms with Gasteiger partial charge in [-0.15, -0.1) is 0 Å². The van der Waals surface area contributed by atoms with Crippen LogP contribution in [0.3, 0.4) is 0 Å². The highest BCUT2D eigenvalue weighted by molar-refractivity contribution is 7.11. The summed E-state index contributed by atoms with van der Waals surface area (Å²) in [6.07, 6.45) is 0.912. The van der Waals surface area contributed by atoms with Crippen molar-refractivity contribution < 1.29 is 9.90 Å². The number of aliphatic carboxylic acids is 1. The van der Waals surface area contributed by atoms with Gasteiger partial charge in [0.2, 0.25) is 0 Å². The second-order valence-corrected chi connectivity index (χ2v) is 7.01. The minimum atomic E-state index is -0.777. The van der Waals surface area contributed by atoms with Gasteiger partial charge in [-0.3, -0.25) is 4.79 Å². The summed E-state index contributed by atoms with van der Waals surface area (Å²) < 4.78 is 4.38. The smallest absolute Gasteiger partial charge is 0.305 e. The third-order valence-electron chi connectivity index (χ3n) is 3.00. The molecule has 0 bridgehead atoms. The Bertz CT molecular complexity index is 601. The average molecular weight is 292 g/mol. The lowest BCUT2D eigenvalue weighted by Gasteiger charge is -2.26. The van der Waals surface area contributed by atoms with Gasteiger partial charge in [0.15, 0.2) is 0 Å². The van der Waals surface area contributed by atoms with Crippen LogP contribution in [-0.2, 0) is 4.79 Å². The molecule has 1 aromatic heterocycles. The van der Waals surface area contributed by atoms with Crippen molar-refractivity contribution in [2.24, 2.45) is 5.41 Å². The average Bonchev–Trinajstić information content (AvgIpc) is 2.70. The fraction of sp³-hybridized carbons (Fsp3) is 0.467. The van der Waals surface area contributed by atoms with E-state index in [0.29, 0.717) is 0 Å². The number of rotatable bonds is 5. The Kier molecular flexibility index (Phi) is 4.28. The van der Waals surface area contributed by atoms with Gasteiger partial charge in [-0.05, 0) is 35.5 Å². The summed E-state index contributed by atoms with van der Waals surface area (Å²) in [4.78, 5) is 11.0.